The monoisotopic (exact) mass is 234 g/mol. The molecule has 1 aromatic rings. The van der Waals surface area contributed by atoms with E-state index in [1.54, 1.807) is 0 Å². The van der Waals surface area contributed by atoms with Crippen LogP contribution in [0, 0.1) is 10.1 Å². The van der Waals surface area contributed by atoms with E-state index in [1.165, 1.54) is 13.2 Å². The van der Waals surface area contributed by atoms with Crippen LogP contribution < -0.4 is 4.74 Å². The normalized spacial score (nSPS) is 11.2. The third kappa shape index (κ3) is 3.14. The summed E-state index contributed by atoms with van der Waals surface area (Å²) < 4.78 is 41.0. The molecule has 0 saturated heterocycles. The summed E-state index contributed by atoms with van der Waals surface area (Å²) in [5.74, 6) is -0.0524. The third-order valence-corrected chi connectivity index (χ3v) is 1.91. The van der Waals surface area contributed by atoms with Crippen LogP contribution in [0.25, 0.3) is 0 Å². The van der Waals surface area contributed by atoms with Crippen molar-refractivity contribution in [2.45, 2.75) is 6.32 Å². The predicted molar refractivity (Wildman–Crippen MR) is 52.4 cm³/mol. The summed E-state index contributed by atoms with van der Waals surface area (Å²) in [6, 6.07) is 3.21. The molecule has 8 heteroatoms. The zero-order chi connectivity index (χ0) is 12.3. The Morgan fingerprint density at radius 2 is 2.06 bits per heavy atom. The van der Waals surface area contributed by atoms with Crippen LogP contribution in [0.4, 0.5) is 18.6 Å². The third-order valence-electron chi connectivity index (χ3n) is 1.91. The van der Waals surface area contributed by atoms with Gasteiger partial charge in [0, 0.05) is 6.07 Å². The van der Waals surface area contributed by atoms with Gasteiger partial charge in [-0.05, 0) is 6.07 Å². The lowest BCUT2D eigenvalue weighted by Gasteiger charge is -2.13. The number of ether oxygens (including phenoxy) is 1. The molecule has 0 spiro atoms. The Bertz CT molecular complexity index is 408. The van der Waals surface area contributed by atoms with Crippen LogP contribution in [0.3, 0.4) is 0 Å². The molecule has 0 heterocycles. The van der Waals surface area contributed by atoms with Crippen LogP contribution >= 0.6 is 0 Å². The number of nitro groups is 1. The van der Waals surface area contributed by atoms with Crippen molar-refractivity contribution in [1.29, 1.82) is 0 Å². The van der Waals surface area contributed by atoms with Gasteiger partial charge in [-0.1, -0.05) is 17.9 Å². The minimum Gasteiger partial charge on any atom is -0.490 e. The molecule has 0 bridgehead atoms. The zero-order valence-corrected chi connectivity index (χ0v) is 8.32. The molecular formula is C8H8BF3NO3-. The van der Waals surface area contributed by atoms with Crippen LogP contribution in [-0.4, -0.2) is 19.0 Å². The van der Waals surface area contributed by atoms with Gasteiger partial charge < -0.3 is 17.7 Å². The summed E-state index contributed by atoms with van der Waals surface area (Å²) in [6.07, 6.45) is -1.13. The molecule has 0 fully saturated rings. The second-order valence-electron chi connectivity index (χ2n) is 3.18. The van der Waals surface area contributed by atoms with Gasteiger partial charge >= 0.3 is 12.7 Å². The average Bonchev–Trinajstić information content (AvgIpc) is 2.15. The molecule has 4 nitrogen and oxygen atoms in total. The molecule has 0 atom stereocenters. The van der Waals surface area contributed by atoms with Gasteiger partial charge in [0.25, 0.3) is 0 Å². The van der Waals surface area contributed by atoms with Crippen LogP contribution in [0.5, 0.6) is 5.75 Å². The number of benzene rings is 1. The fourth-order valence-electron chi connectivity index (χ4n) is 1.27. The molecule has 16 heavy (non-hydrogen) atoms. The number of hydrogen-bond donors (Lipinski definition) is 0. The van der Waals surface area contributed by atoms with E-state index in [0.29, 0.717) is 0 Å². The number of halogens is 3. The second kappa shape index (κ2) is 4.42. The minimum absolute atomic E-state index is 0.0524. The quantitative estimate of drug-likeness (QED) is 0.456. The van der Waals surface area contributed by atoms with Crippen molar-refractivity contribution in [2.24, 2.45) is 0 Å². The fraction of sp³-hybridized carbons (Fsp3) is 0.250. The highest BCUT2D eigenvalue weighted by atomic mass is 19.4. The molecule has 0 amide bonds. The first kappa shape index (κ1) is 12.3. The van der Waals surface area contributed by atoms with Crippen molar-refractivity contribution in [1.82, 2.24) is 0 Å². The molecule has 0 aliphatic rings. The highest BCUT2D eigenvalue weighted by Gasteiger charge is 2.25. The van der Waals surface area contributed by atoms with Gasteiger partial charge in [-0.15, -0.1) is 0 Å². The molecule has 0 aromatic heterocycles. The van der Waals surface area contributed by atoms with Crippen molar-refractivity contribution in [3.05, 3.63) is 33.9 Å². The maximum absolute atomic E-state index is 12.1. The Hall–Kier alpha value is -1.73. The van der Waals surface area contributed by atoms with E-state index < -0.39 is 23.9 Å². The lowest BCUT2D eigenvalue weighted by atomic mass is 9.82. The van der Waals surface area contributed by atoms with Crippen molar-refractivity contribution in [3.8, 4) is 5.75 Å². The highest BCUT2D eigenvalue weighted by Crippen LogP contribution is 2.29. The van der Waals surface area contributed by atoms with E-state index in [9.17, 15) is 23.1 Å². The molecule has 0 N–H and O–H groups in total. The summed E-state index contributed by atoms with van der Waals surface area (Å²) in [5, 5.41) is 10.5. The summed E-state index contributed by atoms with van der Waals surface area (Å²) in [4.78, 5) is 9.78. The summed E-state index contributed by atoms with van der Waals surface area (Å²) in [5.41, 5.74) is -0.597. The molecule has 0 aliphatic heterocycles. The number of nitrogens with zero attached hydrogens (tertiary/aromatic N) is 1. The molecule has 1 rings (SSSR count). The Labute approximate surface area is 89.2 Å². The summed E-state index contributed by atoms with van der Waals surface area (Å²) in [7, 11) is 1.22. The van der Waals surface area contributed by atoms with Gasteiger partial charge in [-0.2, -0.15) is 0 Å². The maximum atomic E-state index is 12.1. The van der Waals surface area contributed by atoms with E-state index in [-0.39, 0.29) is 11.3 Å². The Morgan fingerprint density at radius 3 is 2.50 bits per heavy atom. The Kier molecular flexibility index (Phi) is 3.41. The topological polar surface area (TPSA) is 52.4 Å². The Morgan fingerprint density at radius 1 is 1.44 bits per heavy atom. The van der Waals surface area contributed by atoms with E-state index >= 15 is 0 Å². The van der Waals surface area contributed by atoms with E-state index in [2.05, 4.69) is 4.74 Å². The van der Waals surface area contributed by atoms with Gasteiger partial charge in [0.1, 0.15) is 0 Å². The van der Waals surface area contributed by atoms with Crippen molar-refractivity contribution < 1.29 is 22.6 Å². The van der Waals surface area contributed by atoms with E-state index in [1.807, 2.05) is 0 Å². The summed E-state index contributed by atoms with van der Waals surface area (Å²) in [6.45, 7) is -5.00. The van der Waals surface area contributed by atoms with Gasteiger partial charge in [0.15, 0.2) is 5.75 Å². The predicted octanol–water partition coefficient (Wildman–Crippen LogP) is 2.53. The average molecular weight is 234 g/mol. The van der Waals surface area contributed by atoms with Crippen molar-refractivity contribution >= 4 is 12.7 Å². The fourth-order valence-corrected chi connectivity index (χ4v) is 1.27. The van der Waals surface area contributed by atoms with E-state index in [4.69, 9.17) is 0 Å². The number of hydrogen-bond acceptors (Lipinski definition) is 3. The van der Waals surface area contributed by atoms with Crippen LogP contribution in [0.2, 0.25) is 0 Å². The lowest BCUT2D eigenvalue weighted by molar-refractivity contribution is -0.385. The number of methoxy groups -OCH3 is 1. The molecule has 0 aliphatic carbocycles. The molecule has 88 valence electrons. The first-order chi connectivity index (χ1) is 7.33. The lowest BCUT2D eigenvalue weighted by Crippen LogP contribution is -2.19. The largest absolute Gasteiger partial charge is 0.490 e. The smallest absolute Gasteiger partial charge is 0.482 e. The van der Waals surface area contributed by atoms with Crippen LogP contribution in [0.1, 0.15) is 5.56 Å². The van der Waals surface area contributed by atoms with Crippen LogP contribution in [-0.2, 0) is 6.32 Å². The standard InChI is InChI=1S/C8H8BF3NO3/c1-16-8-3-2-6(5-9(10,11)12)4-7(8)13(14)15/h2-4H,5H2,1H3/q-1. The molecule has 0 unspecified atom stereocenters. The van der Waals surface area contributed by atoms with Crippen LogP contribution in [0.15, 0.2) is 18.2 Å². The van der Waals surface area contributed by atoms with Crippen molar-refractivity contribution in [2.75, 3.05) is 7.11 Å². The maximum Gasteiger partial charge on any atom is 0.482 e. The first-order valence-corrected chi connectivity index (χ1v) is 4.36. The van der Waals surface area contributed by atoms with Gasteiger partial charge in [-0.25, -0.2) is 0 Å². The van der Waals surface area contributed by atoms with Crippen molar-refractivity contribution in [3.63, 3.8) is 0 Å². The van der Waals surface area contributed by atoms with E-state index in [0.717, 1.165) is 12.1 Å². The molecule has 1 aromatic carbocycles. The SMILES string of the molecule is COc1ccc(C[B-](F)(F)F)cc1[N+](=O)[O-]. The number of nitro benzene ring substituents is 1. The number of rotatable bonds is 4. The second-order valence-corrected chi connectivity index (χ2v) is 3.18. The van der Waals surface area contributed by atoms with Gasteiger partial charge in [0.05, 0.1) is 12.0 Å². The summed E-state index contributed by atoms with van der Waals surface area (Å²) >= 11 is 0. The molecular weight excluding hydrogens is 226 g/mol. The zero-order valence-electron chi connectivity index (χ0n) is 8.32. The molecule has 0 radical (unpaired) electrons. The molecule has 0 saturated carbocycles. The Balaban J connectivity index is 3.07. The minimum atomic E-state index is -5.00. The van der Waals surface area contributed by atoms with Gasteiger partial charge in [-0.3, -0.25) is 10.1 Å². The van der Waals surface area contributed by atoms with Gasteiger partial charge in [0.2, 0.25) is 0 Å². The first-order valence-electron chi connectivity index (χ1n) is 4.36. The highest BCUT2D eigenvalue weighted by molar-refractivity contribution is 6.57.